The smallest absolute Gasteiger partial charge is 0.410 e. The molecule has 10 heteroatoms. The number of carbonyl (C=O) groups is 2. The van der Waals surface area contributed by atoms with Crippen LogP contribution in [0.25, 0.3) is 5.69 Å². The van der Waals surface area contributed by atoms with Crippen molar-refractivity contribution in [1.82, 2.24) is 14.7 Å². The van der Waals surface area contributed by atoms with Crippen molar-refractivity contribution >= 4 is 40.9 Å². The number of benzene rings is 2. The molecule has 0 radical (unpaired) electrons. The number of aromatic nitrogens is 2. The van der Waals surface area contributed by atoms with E-state index in [1.807, 2.05) is 20.8 Å². The third-order valence-electron chi connectivity index (χ3n) is 5.82. The molecule has 1 saturated heterocycles. The molecule has 1 fully saturated rings. The van der Waals surface area contributed by atoms with Gasteiger partial charge in [0.1, 0.15) is 11.4 Å². The van der Waals surface area contributed by atoms with Crippen LogP contribution in [0.4, 0.5) is 14.9 Å². The van der Waals surface area contributed by atoms with Gasteiger partial charge in [0, 0.05) is 24.0 Å². The van der Waals surface area contributed by atoms with E-state index >= 15 is 0 Å². The number of amides is 2. The first kappa shape index (κ1) is 26.0. The van der Waals surface area contributed by atoms with Crippen LogP contribution in [0.3, 0.4) is 0 Å². The molecule has 0 atom stereocenters. The lowest BCUT2D eigenvalue weighted by Crippen LogP contribution is -2.41. The van der Waals surface area contributed by atoms with Gasteiger partial charge in [-0.1, -0.05) is 29.3 Å². The van der Waals surface area contributed by atoms with Gasteiger partial charge in [0.05, 0.1) is 33.9 Å². The van der Waals surface area contributed by atoms with Gasteiger partial charge in [-0.15, -0.1) is 0 Å². The van der Waals surface area contributed by atoms with Crippen LogP contribution in [0, 0.1) is 5.82 Å². The summed E-state index contributed by atoms with van der Waals surface area (Å²) in [7, 11) is 0. The van der Waals surface area contributed by atoms with E-state index in [4.69, 9.17) is 27.9 Å². The van der Waals surface area contributed by atoms with Gasteiger partial charge in [-0.25, -0.2) is 13.9 Å². The van der Waals surface area contributed by atoms with E-state index in [9.17, 15) is 14.0 Å². The van der Waals surface area contributed by atoms with Gasteiger partial charge in [-0.3, -0.25) is 4.79 Å². The van der Waals surface area contributed by atoms with Crippen molar-refractivity contribution in [3.63, 3.8) is 0 Å². The zero-order chi connectivity index (χ0) is 26.0. The minimum Gasteiger partial charge on any atom is -0.444 e. The van der Waals surface area contributed by atoms with Gasteiger partial charge < -0.3 is 15.0 Å². The molecule has 1 aliphatic heterocycles. The van der Waals surface area contributed by atoms with Crippen LogP contribution in [-0.4, -0.2) is 45.4 Å². The largest absolute Gasteiger partial charge is 0.444 e. The molecule has 0 unspecified atom stereocenters. The Labute approximate surface area is 219 Å². The molecule has 4 rings (SSSR count). The SMILES string of the molecule is CC(C)(C)OC(=O)N1CCC(c2c(C(=O)Nc3ccc(Cl)cc3Cl)cnn2-c2cccc(F)c2)CC1. The highest BCUT2D eigenvalue weighted by Crippen LogP contribution is 2.34. The Morgan fingerprint density at radius 2 is 1.83 bits per heavy atom. The van der Waals surface area contributed by atoms with Crippen LogP contribution in [0.5, 0.6) is 0 Å². The summed E-state index contributed by atoms with van der Waals surface area (Å²) < 4.78 is 21.1. The van der Waals surface area contributed by atoms with Gasteiger partial charge >= 0.3 is 6.09 Å². The summed E-state index contributed by atoms with van der Waals surface area (Å²) in [5.74, 6) is -0.907. The number of likely N-dealkylation sites (tertiary alicyclic amines) is 1. The van der Waals surface area contributed by atoms with Crippen molar-refractivity contribution in [2.75, 3.05) is 18.4 Å². The maximum Gasteiger partial charge on any atom is 0.410 e. The monoisotopic (exact) mass is 532 g/mol. The lowest BCUT2D eigenvalue weighted by Gasteiger charge is -2.34. The van der Waals surface area contributed by atoms with Crippen molar-refractivity contribution in [2.45, 2.75) is 45.1 Å². The number of nitrogens with zero attached hydrogens (tertiary/aromatic N) is 3. The fourth-order valence-corrected chi connectivity index (χ4v) is 4.64. The molecule has 36 heavy (non-hydrogen) atoms. The van der Waals surface area contributed by atoms with Crippen molar-refractivity contribution in [3.05, 3.63) is 75.8 Å². The van der Waals surface area contributed by atoms with Gasteiger partial charge in [-0.05, 0) is 70.0 Å². The molecule has 1 N–H and O–H groups in total. The lowest BCUT2D eigenvalue weighted by atomic mass is 9.90. The fourth-order valence-electron chi connectivity index (χ4n) is 4.18. The highest BCUT2D eigenvalue weighted by molar-refractivity contribution is 6.36. The van der Waals surface area contributed by atoms with Gasteiger partial charge in [0.15, 0.2) is 0 Å². The molecule has 2 heterocycles. The average Bonchev–Trinajstić information content (AvgIpc) is 3.25. The van der Waals surface area contributed by atoms with E-state index < -0.39 is 17.3 Å². The van der Waals surface area contributed by atoms with Crippen molar-refractivity contribution in [3.8, 4) is 5.69 Å². The maximum absolute atomic E-state index is 14.0. The molecular formula is C26H27Cl2FN4O3. The molecule has 0 aliphatic carbocycles. The predicted molar refractivity (Wildman–Crippen MR) is 138 cm³/mol. The lowest BCUT2D eigenvalue weighted by molar-refractivity contribution is 0.0203. The first-order valence-electron chi connectivity index (χ1n) is 11.6. The maximum atomic E-state index is 14.0. The normalized spacial score (nSPS) is 14.6. The Bertz CT molecular complexity index is 1280. The van der Waals surface area contributed by atoms with Crippen LogP contribution >= 0.6 is 23.2 Å². The summed E-state index contributed by atoms with van der Waals surface area (Å²) in [5.41, 5.74) is 1.32. The molecule has 2 aromatic carbocycles. The molecule has 0 bridgehead atoms. The molecule has 1 aromatic heterocycles. The Hall–Kier alpha value is -3.10. The molecule has 0 saturated carbocycles. The molecule has 2 amide bonds. The summed E-state index contributed by atoms with van der Waals surface area (Å²) in [6.45, 7) is 6.39. The third-order valence-corrected chi connectivity index (χ3v) is 6.36. The Balaban J connectivity index is 1.63. The molecule has 0 spiro atoms. The minimum atomic E-state index is -0.585. The van der Waals surface area contributed by atoms with Crippen LogP contribution < -0.4 is 5.32 Å². The fraction of sp³-hybridized carbons (Fsp3) is 0.346. The number of ether oxygens (including phenoxy) is 1. The number of anilines is 1. The number of rotatable bonds is 4. The van der Waals surface area contributed by atoms with Crippen LogP contribution in [0.2, 0.25) is 10.0 Å². The second-order valence-electron chi connectivity index (χ2n) is 9.66. The number of carbonyl (C=O) groups excluding carboxylic acids is 2. The summed E-state index contributed by atoms with van der Waals surface area (Å²) >= 11 is 12.2. The highest BCUT2D eigenvalue weighted by atomic mass is 35.5. The number of hydrogen-bond acceptors (Lipinski definition) is 4. The van der Waals surface area contributed by atoms with E-state index in [1.54, 1.807) is 39.9 Å². The molecule has 7 nitrogen and oxygen atoms in total. The molecule has 1 aliphatic rings. The Morgan fingerprint density at radius 3 is 2.47 bits per heavy atom. The van der Waals surface area contributed by atoms with Crippen LogP contribution in [0.15, 0.2) is 48.7 Å². The standard InChI is InChI=1S/C26H27Cl2FN4O3/c1-26(2,3)36-25(35)32-11-9-16(10-12-32)23-20(15-30-33(23)19-6-4-5-18(29)14-19)24(34)31-22-8-7-17(27)13-21(22)28/h4-8,13-16H,9-12H2,1-3H3,(H,31,34). The van der Waals surface area contributed by atoms with E-state index in [-0.39, 0.29) is 12.0 Å². The third kappa shape index (κ3) is 5.99. The number of hydrogen-bond donors (Lipinski definition) is 1. The topological polar surface area (TPSA) is 76.5 Å². The molecule has 3 aromatic rings. The Kier molecular flexibility index (Phi) is 7.57. The second-order valence-corrected chi connectivity index (χ2v) is 10.5. The van der Waals surface area contributed by atoms with E-state index in [0.717, 1.165) is 0 Å². The zero-order valence-electron chi connectivity index (χ0n) is 20.2. The predicted octanol–water partition coefficient (Wildman–Crippen LogP) is 6.69. The van der Waals surface area contributed by atoms with Crippen molar-refractivity contribution in [2.24, 2.45) is 0 Å². The number of halogens is 3. The zero-order valence-corrected chi connectivity index (χ0v) is 21.7. The van der Waals surface area contributed by atoms with Crippen LogP contribution in [0.1, 0.15) is 55.6 Å². The molecule has 190 valence electrons. The summed E-state index contributed by atoms with van der Waals surface area (Å²) in [5, 5.41) is 8.01. The van der Waals surface area contributed by atoms with Crippen LogP contribution in [-0.2, 0) is 4.74 Å². The minimum absolute atomic E-state index is 0.101. The first-order valence-corrected chi connectivity index (χ1v) is 12.4. The van der Waals surface area contributed by atoms with Gasteiger partial charge in [-0.2, -0.15) is 5.10 Å². The van der Waals surface area contributed by atoms with Crippen molar-refractivity contribution in [1.29, 1.82) is 0 Å². The quantitative estimate of drug-likeness (QED) is 0.406. The summed E-state index contributed by atoms with van der Waals surface area (Å²) in [4.78, 5) is 27.5. The molecular weight excluding hydrogens is 506 g/mol. The average molecular weight is 533 g/mol. The van der Waals surface area contributed by atoms with Gasteiger partial charge in [0.25, 0.3) is 5.91 Å². The Morgan fingerprint density at radius 1 is 1.11 bits per heavy atom. The highest BCUT2D eigenvalue weighted by Gasteiger charge is 2.32. The number of piperidine rings is 1. The number of nitrogens with one attached hydrogen (secondary N) is 1. The van der Waals surface area contributed by atoms with E-state index in [2.05, 4.69) is 10.4 Å². The second kappa shape index (κ2) is 10.5. The first-order chi connectivity index (χ1) is 17.0. The summed E-state index contributed by atoms with van der Waals surface area (Å²) in [6, 6.07) is 10.8. The van der Waals surface area contributed by atoms with E-state index in [0.29, 0.717) is 58.6 Å². The van der Waals surface area contributed by atoms with Crippen molar-refractivity contribution < 1.29 is 18.7 Å². The van der Waals surface area contributed by atoms with E-state index in [1.165, 1.54) is 18.3 Å². The van der Waals surface area contributed by atoms with Gasteiger partial charge in [0.2, 0.25) is 0 Å². The summed E-state index contributed by atoms with van der Waals surface area (Å²) in [6.07, 6.45) is 2.28.